The molecule has 2 heteroatoms. The molecule has 0 saturated heterocycles. The van der Waals surface area contributed by atoms with Crippen molar-refractivity contribution in [3.63, 3.8) is 0 Å². The fourth-order valence-electron chi connectivity index (χ4n) is 1.92. The lowest BCUT2D eigenvalue weighted by Gasteiger charge is -2.13. The van der Waals surface area contributed by atoms with E-state index in [0.29, 0.717) is 6.04 Å². The molecular formula is C15H16N2. The molecule has 0 N–H and O–H groups in total. The summed E-state index contributed by atoms with van der Waals surface area (Å²) >= 11 is 0. The summed E-state index contributed by atoms with van der Waals surface area (Å²) in [6.07, 6.45) is 4.86. The third kappa shape index (κ3) is 2.76. The number of rotatable bonds is 3. The van der Waals surface area contributed by atoms with Gasteiger partial charge in [-0.3, -0.25) is 0 Å². The molecule has 1 aromatic carbocycles. The zero-order valence-electron chi connectivity index (χ0n) is 10.2. The summed E-state index contributed by atoms with van der Waals surface area (Å²) in [5.41, 5.74) is 3.34. The lowest BCUT2D eigenvalue weighted by Crippen LogP contribution is -2.05. The Labute approximate surface area is 102 Å². The Kier molecular flexibility index (Phi) is 3.30. The first kappa shape index (κ1) is 11.5. The third-order valence-electron chi connectivity index (χ3n) is 3.00. The second-order valence-corrected chi connectivity index (χ2v) is 4.50. The lowest BCUT2D eigenvalue weighted by molar-refractivity contribution is 0.547. The molecule has 0 spiro atoms. The van der Waals surface area contributed by atoms with Crippen LogP contribution in [0.5, 0.6) is 0 Å². The van der Waals surface area contributed by atoms with Gasteiger partial charge in [0.05, 0.1) is 5.56 Å². The highest BCUT2D eigenvalue weighted by Gasteiger charge is 2.06. The Bertz CT molecular complexity index is 529. The van der Waals surface area contributed by atoms with Gasteiger partial charge in [-0.2, -0.15) is 5.26 Å². The maximum Gasteiger partial charge on any atom is 0.101 e. The van der Waals surface area contributed by atoms with E-state index in [1.807, 2.05) is 18.5 Å². The predicted octanol–water partition coefficient (Wildman–Crippen LogP) is 3.47. The second kappa shape index (κ2) is 4.88. The van der Waals surface area contributed by atoms with E-state index < -0.39 is 0 Å². The SMILES string of the molecule is Cc1ccc(CC(C)n2ccc(C#N)c2)cc1. The van der Waals surface area contributed by atoms with Crippen molar-refractivity contribution in [1.82, 2.24) is 4.57 Å². The van der Waals surface area contributed by atoms with Gasteiger partial charge < -0.3 is 4.57 Å². The maximum atomic E-state index is 8.79. The van der Waals surface area contributed by atoms with Crippen LogP contribution in [0.2, 0.25) is 0 Å². The topological polar surface area (TPSA) is 28.7 Å². The highest BCUT2D eigenvalue weighted by molar-refractivity contribution is 5.26. The molecule has 2 aromatic rings. The van der Waals surface area contributed by atoms with Crippen molar-refractivity contribution in [2.45, 2.75) is 26.3 Å². The Morgan fingerprint density at radius 2 is 1.94 bits per heavy atom. The summed E-state index contributed by atoms with van der Waals surface area (Å²) in [6, 6.07) is 13.0. The monoisotopic (exact) mass is 224 g/mol. The van der Waals surface area contributed by atoms with E-state index >= 15 is 0 Å². The van der Waals surface area contributed by atoms with Crippen LogP contribution in [0.4, 0.5) is 0 Å². The number of hydrogen-bond acceptors (Lipinski definition) is 1. The molecule has 0 fully saturated rings. The summed E-state index contributed by atoms with van der Waals surface area (Å²) in [5.74, 6) is 0. The first-order valence-corrected chi connectivity index (χ1v) is 5.82. The molecule has 17 heavy (non-hydrogen) atoms. The van der Waals surface area contributed by atoms with Crippen molar-refractivity contribution in [3.8, 4) is 6.07 Å². The predicted molar refractivity (Wildman–Crippen MR) is 68.7 cm³/mol. The average Bonchev–Trinajstić information content (AvgIpc) is 2.81. The molecule has 0 aliphatic heterocycles. The van der Waals surface area contributed by atoms with Gasteiger partial charge in [-0.05, 0) is 31.9 Å². The van der Waals surface area contributed by atoms with Crippen molar-refractivity contribution in [2.75, 3.05) is 0 Å². The molecule has 0 saturated carbocycles. The van der Waals surface area contributed by atoms with Crippen LogP contribution in [-0.4, -0.2) is 4.57 Å². The number of benzene rings is 1. The molecule has 0 aliphatic rings. The molecule has 1 aromatic heterocycles. The molecule has 0 amide bonds. The van der Waals surface area contributed by atoms with E-state index in [-0.39, 0.29) is 0 Å². The van der Waals surface area contributed by atoms with E-state index in [9.17, 15) is 0 Å². The van der Waals surface area contributed by atoms with E-state index in [2.05, 4.69) is 48.7 Å². The highest BCUT2D eigenvalue weighted by Crippen LogP contribution is 2.15. The smallest absolute Gasteiger partial charge is 0.101 e. The number of nitrogens with zero attached hydrogens (tertiary/aromatic N) is 2. The normalized spacial score (nSPS) is 12.1. The van der Waals surface area contributed by atoms with E-state index in [1.54, 1.807) is 0 Å². The average molecular weight is 224 g/mol. The molecule has 86 valence electrons. The van der Waals surface area contributed by atoms with E-state index in [4.69, 9.17) is 5.26 Å². The fraction of sp³-hybridized carbons (Fsp3) is 0.267. The van der Waals surface area contributed by atoms with Gasteiger partial charge in [0.1, 0.15) is 6.07 Å². The van der Waals surface area contributed by atoms with E-state index in [0.717, 1.165) is 12.0 Å². The molecule has 2 rings (SSSR count). The van der Waals surface area contributed by atoms with Crippen LogP contribution in [0, 0.1) is 18.3 Å². The summed E-state index contributed by atoms with van der Waals surface area (Å²) in [7, 11) is 0. The van der Waals surface area contributed by atoms with Gasteiger partial charge >= 0.3 is 0 Å². The minimum absolute atomic E-state index is 0.375. The molecular weight excluding hydrogens is 208 g/mol. The minimum Gasteiger partial charge on any atom is -0.350 e. The molecule has 0 aliphatic carbocycles. The van der Waals surface area contributed by atoms with Crippen molar-refractivity contribution < 1.29 is 0 Å². The van der Waals surface area contributed by atoms with Gasteiger partial charge in [-0.15, -0.1) is 0 Å². The third-order valence-corrected chi connectivity index (χ3v) is 3.00. The first-order chi connectivity index (χ1) is 8.19. The van der Waals surface area contributed by atoms with Crippen molar-refractivity contribution in [2.24, 2.45) is 0 Å². The standard InChI is InChI=1S/C15H16N2/c1-12-3-5-14(6-4-12)9-13(2)17-8-7-15(10-16)11-17/h3-8,11,13H,9H2,1-2H3. The Balaban J connectivity index is 2.08. The maximum absolute atomic E-state index is 8.79. The molecule has 0 radical (unpaired) electrons. The first-order valence-electron chi connectivity index (χ1n) is 5.82. The Morgan fingerprint density at radius 3 is 2.53 bits per heavy atom. The minimum atomic E-state index is 0.375. The zero-order chi connectivity index (χ0) is 12.3. The summed E-state index contributed by atoms with van der Waals surface area (Å²) in [5, 5.41) is 8.79. The van der Waals surface area contributed by atoms with Crippen LogP contribution < -0.4 is 0 Å². The molecule has 1 unspecified atom stereocenters. The number of aryl methyl sites for hydroxylation is 1. The number of nitriles is 1. The van der Waals surface area contributed by atoms with Crippen molar-refractivity contribution in [3.05, 3.63) is 59.4 Å². The highest BCUT2D eigenvalue weighted by atomic mass is 15.0. The van der Waals surface area contributed by atoms with Crippen molar-refractivity contribution in [1.29, 1.82) is 5.26 Å². The van der Waals surface area contributed by atoms with Crippen LogP contribution in [0.25, 0.3) is 0 Å². The fourth-order valence-corrected chi connectivity index (χ4v) is 1.92. The van der Waals surface area contributed by atoms with Gasteiger partial charge in [-0.1, -0.05) is 29.8 Å². The van der Waals surface area contributed by atoms with Crippen LogP contribution in [0.1, 0.15) is 29.7 Å². The molecule has 1 atom stereocenters. The van der Waals surface area contributed by atoms with Gasteiger partial charge in [-0.25, -0.2) is 0 Å². The second-order valence-electron chi connectivity index (χ2n) is 4.50. The van der Waals surface area contributed by atoms with Crippen LogP contribution >= 0.6 is 0 Å². The van der Waals surface area contributed by atoms with Gasteiger partial charge in [0.2, 0.25) is 0 Å². The summed E-state index contributed by atoms with van der Waals surface area (Å²) in [6.45, 7) is 4.26. The Hall–Kier alpha value is -2.01. The van der Waals surface area contributed by atoms with E-state index in [1.165, 1.54) is 11.1 Å². The largest absolute Gasteiger partial charge is 0.350 e. The molecule has 0 bridgehead atoms. The zero-order valence-corrected chi connectivity index (χ0v) is 10.2. The van der Waals surface area contributed by atoms with Gasteiger partial charge in [0, 0.05) is 18.4 Å². The lowest BCUT2D eigenvalue weighted by atomic mass is 10.1. The van der Waals surface area contributed by atoms with Crippen molar-refractivity contribution >= 4 is 0 Å². The Morgan fingerprint density at radius 1 is 1.24 bits per heavy atom. The molecule has 2 nitrogen and oxygen atoms in total. The van der Waals surface area contributed by atoms with Crippen LogP contribution in [-0.2, 0) is 6.42 Å². The molecule has 1 heterocycles. The van der Waals surface area contributed by atoms with Gasteiger partial charge in [0.15, 0.2) is 0 Å². The number of hydrogen-bond donors (Lipinski definition) is 0. The summed E-state index contributed by atoms with van der Waals surface area (Å²) in [4.78, 5) is 0. The van der Waals surface area contributed by atoms with Gasteiger partial charge in [0.25, 0.3) is 0 Å². The van der Waals surface area contributed by atoms with Crippen LogP contribution in [0.15, 0.2) is 42.7 Å². The van der Waals surface area contributed by atoms with Crippen LogP contribution in [0.3, 0.4) is 0 Å². The number of aromatic nitrogens is 1. The quantitative estimate of drug-likeness (QED) is 0.784. The summed E-state index contributed by atoms with van der Waals surface area (Å²) < 4.78 is 2.10.